The summed E-state index contributed by atoms with van der Waals surface area (Å²) in [5.41, 5.74) is 6.85. The van der Waals surface area contributed by atoms with E-state index in [1.54, 1.807) is 19.2 Å². The number of aromatic nitrogens is 1. The fourth-order valence-electron chi connectivity index (χ4n) is 1.94. The van der Waals surface area contributed by atoms with Crippen molar-refractivity contribution in [3.8, 4) is 5.75 Å². The lowest BCUT2D eigenvalue weighted by molar-refractivity contribution is 0.0999. The maximum absolute atomic E-state index is 11.2. The topological polar surface area (TPSA) is 57.2 Å². The zero-order valence-electron chi connectivity index (χ0n) is 11.2. The lowest BCUT2D eigenvalue weighted by Crippen LogP contribution is -2.15. The van der Waals surface area contributed by atoms with Gasteiger partial charge in [0.25, 0.3) is 5.91 Å². The molecule has 5 heteroatoms. The minimum absolute atomic E-state index is 0.386. The van der Waals surface area contributed by atoms with Crippen LogP contribution in [-0.4, -0.2) is 17.6 Å². The Labute approximate surface area is 122 Å². The van der Waals surface area contributed by atoms with Gasteiger partial charge < -0.3 is 15.0 Å². The van der Waals surface area contributed by atoms with Crippen LogP contribution < -0.4 is 10.5 Å². The molecule has 20 heavy (non-hydrogen) atoms. The van der Waals surface area contributed by atoms with E-state index in [4.69, 9.17) is 22.7 Å². The Morgan fingerprint density at radius 3 is 2.60 bits per heavy atom. The van der Waals surface area contributed by atoms with Crippen molar-refractivity contribution in [3.63, 3.8) is 0 Å². The molecule has 1 aromatic carbocycles. The van der Waals surface area contributed by atoms with Gasteiger partial charge in [0.1, 0.15) is 10.4 Å². The molecule has 0 fully saturated rings. The molecule has 0 unspecified atom stereocenters. The van der Waals surface area contributed by atoms with E-state index in [1.165, 1.54) is 5.56 Å². The molecule has 0 atom stereocenters. The number of carbonyl (C=O) groups excluding carboxylic acids is 1. The van der Waals surface area contributed by atoms with Gasteiger partial charge in [-0.3, -0.25) is 4.79 Å². The zero-order chi connectivity index (χ0) is 14.5. The van der Waals surface area contributed by atoms with Gasteiger partial charge in [-0.25, -0.2) is 0 Å². The van der Waals surface area contributed by atoms with Crippen molar-refractivity contribution in [2.45, 2.75) is 13.0 Å². The Hall–Kier alpha value is -2.14. The van der Waals surface area contributed by atoms with Crippen LogP contribution in [0.1, 0.15) is 15.9 Å². The third-order valence-electron chi connectivity index (χ3n) is 3.09. The second-order valence-electron chi connectivity index (χ2n) is 4.38. The summed E-state index contributed by atoms with van der Waals surface area (Å²) in [5, 5.41) is 0. The molecule has 1 amide bonds. The van der Waals surface area contributed by atoms with Crippen molar-refractivity contribution in [2.24, 2.45) is 5.73 Å². The van der Waals surface area contributed by atoms with Gasteiger partial charge in [-0.2, -0.15) is 0 Å². The number of pyridine rings is 1. The number of nitrogens with zero attached hydrogens (tertiary/aromatic N) is 1. The molecule has 0 bridgehead atoms. The van der Waals surface area contributed by atoms with Gasteiger partial charge in [-0.1, -0.05) is 24.4 Å². The number of hydrogen-bond donors (Lipinski definition) is 1. The van der Waals surface area contributed by atoms with Crippen molar-refractivity contribution in [1.29, 1.82) is 0 Å². The molecular weight excluding hydrogens is 272 g/mol. The molecule has 0 radical (unpaired) electrons. The van der Waals surface area contributed by atoms with Gasteiger partial charge in [0.05, 0.1) is 12.7 Å². The Balaban J connectivity index is 2.12. The van der Waals surface area contributed by atoms with Crippen molar-refractivity contribution >= 4 is 18.1 Å². The SMILES string of the molecule is COc1ccc(CCn2cccc(C(N)=O)c2=S)cc1. The lowest BCUT2D eigenvalue weighted by atomic mass is 10.1. The fourth-order valence-corrected chi connectivity index (χ4v) is 2.26. The van der Waals surface area contributed by atoms with E-state index >= 15 is 0 Å². The zero-order valence-corrected chi connectivity index (χ0v) is 12.0. The van der Waals surface area contributed by atoms with Crippen molar-refractivity contribution in [3.05, 3.63) is 58.4 Å². The molecule has 0 spiro atoms. The Morgan fingerprint density at radius 1 is 1.30 bits per heavy atom. The van der Waals surface area contributed by atoms with Crippen molar-refractivity contribution in [2.75, 3.05) is 7.11 Å². The van der Waals surface area contributed by atoms with E-state index in [-0.39, 0.29) is 0 Å². The Kier molecular flexibility index (Phi) is 4.53. The molecule has 4 nitrogen and oxygen atoms in total. The molecule has 0 aliphatic rings. The number of rotatable bonds is 5. The van der Waals surface area contributed by atoms with Crippen LogP contribution in [-0.2, 0) is 13.0 Å². The first-order valence-corrected chi connectivity index (χ1v) is 6.65. The summed E-state index contributed by atoms with van der Waals surface area (Å²) in [7, 11) is 1.64. The molecule has 0 aliphatic heterocycles. The van der Waals surface area contributed by atoms with Crippen molar-refractivity contribution < 1.29 is 9.53 Å². The number of amides is 1. The molecule has 0 saturated heterocycles. The van der Waals surface area contributed by atoms with Gasteiger partial charge in [0.15, 0.2) is 0 Å². The molecule has 0 saturated carbocycles. The standard InChI is InChI=1S/C15H16N2O2S/c1-19-12-6-4-11(5-7-12)8-10-17-9-2-3-13(14(16)18)15(17)20/h2-7,9H,8,10H2,1H3,(H2,16,18). The van der Waals surface area contributed by atoms with E-state index in [2.05, 4.69) is 0 Å². The maximum atomic E-state index is 11.2. The van der Waals surface area contributed by atoms with Gasteiger partial charge >= 0.3 is 0 Å². The highest BCUT2D eigenvalue weighted by molar-refractivity contribution is 7.71. The highest BCUT2D eigenvalue weighted by Gasteiger charge is 2.05. The van der Waals surface area contributed by atoms with Gasteiger partial charge in [-0.15, -0.1) is 0 Å². The van der Waals surface area contributed by atoms with Crippen LogP contribution in [0.3, 0.4) is 0 Å². The lowest BCUT2D eigenvalue weighted by Gasteiger charge is -2.09. The van der Waals surface area contributed by atoms with E-state index in [9.17, 15) is 4.79 Å². The van der Waals surface area contributed by atoms with Crippen LogP contribution in [0.15, 0.2) is 42.6 Å². The van der Waals surface area contributed by atoms with Crippen molar-refractivity contribution in [1.82, 2.24) is 4.57 Å². The van der Waals surface area contributed by atoms with Crippen LogP contribution in [0, 0.1) is 4.64 Å². The highest BCUT2D eigenvalue weighted by atomic mass is 32.1. The average molecular weight is 288 g/mol. The first-order chi connectivity index (χ1) is 9.61. The summed E-state index contributed by atoms with van der Waals surface area (Å²) in [5.74, 6) is 0.342. The van der Waals surface area contributed by atoms with Crippen LogP contribution in [0.2, 0.25) is 0 Å². The third kappa shape index (κ3) is 3.24. The molecule has 1 aromatic heterocycles. The largest absolute Gasteiger partial charge is 0.497 e. The number of methoxy groups -OCH3 is 1. The summed E-state index contributed by atoms with van der Waals surface area (Å²) in [6.07, 6.45) is 2.68. The van der Waals surface area contributed by atoms with Gasteiger partial charge in [0.2, 0.25) is 0 Å². The molecule has 1 heterocycles. The fraction of sp³-hybridized carbons (Fsp3) is 0.200. The van der Waals surface area contributed by atoms with Crippen LogP contribution in [0.5, 0.6) is 5.75 Å². The average Bonchev–Trinajstić information content (AvgIpc) is 2.46. The predicted octanol–water partition coefficient (Wildman–Crippen LogP) is 2.57. The number of carbonyl (C=O) groups is 1. The third-order valence-corrected chi connectivity index (χ3v) is 3.54. The summed E-state index contributed by atoms with van der Waals surface area (Å²) < 4.78 is 7.46. The minimum Gasteiger partial charge on any atom is -0.497 e. The normalized spacial score (nSPS) is 10.2. The van der Waals surface area contributed by atoms with Gasteiger partial charge in [-0.05, 0) is 36.2 Å². The number of nitrogens with two attached hydrogens (primary N) is 1. The maximum Gasteiger partial charge on any atom is 0.251 e. The summed E-state index contributed by atoms with van der Waals surface area (Å²) >= 11 is 5.27. The van der Waals surface area contributed by atoms with Crippen LogP contribution in [0.25, 0.3) is 0 Å². The molecule has 104 valence electrons. The number of aryl methyl sites for hydroxylation is 2. The summed E-state index contributed by atoms with van der Waals surface area (Å²) in [6, 6.07) is 11.3. The number of primary amides is 1. The van der Waals surface area contributed by atoms with Crippen LogP contribution >= 0.6 is 12.2 Å². The van der Waals surface area contributed by atoms with E-state index in [1.807, 2.05) is 35.0 Å². The van der Waals surface area contributed by atoms with Crippen LogP contribution in [0.4, 0.5) is 0 Å². The summed E-state index contributed by atoms with van der Waals surface area (Å²) in [6.45, 7) is 0.701. The molecule has 2 aromatic rings. The highest BCUT2D eigenvalue weighted by Crippen LogP contribution is 2.12. The molecule has 0 aliphatic carbocycles. The number of hydrogen-bond acceptors (Lipinski definition) is 3. The Morgan fingerprint density at radius 2 is 2.00 bits per heavy atom. The summed E-state index contributed by atoms with van der Waals surface area (Å²) in [4.78, 5) is 11.2. The Bertz CT molecular complexity index is 662. The van der Waals surface area contributed by atoms with E-state index in [0.717, 1.165) is 12.2 Å². The van der Waals surface area contributed by atoms with E-state index in [0.29, 0.717) is 16.7 Å². The van der Waals surface area contributed by atoms with Gasteiger partial charge in [0, 0.05) is 12.7 Å². The first-order valence-electron chi connectivity index (χ1n) is 6.24. The quantitative estimate of drug-likeness (QED) is 0.860. The number of benzene rings is 1. The predicted molar refractivity (Wildman–Crippen MR) is 80.5 cm³/mol. The molecule has 2 rings (SSSR count). The minimum atomic E-state index is -0.492. The van der Waals surface area contributed by atoms with E-state index < -0.39 is 5.91 Å². The second-order valence-corrected chi connectivity index (χ2v) is 4.77. The smallest absolute Gasteiger partial charge is 0.251 e. The first kappa shape index (κ1) is 14.3. The second kappa shape index (κ2) is 6.34. The monoisotopic (exact) mass is 288 g/mol. The molecular formula is C15H16N2O2S. The molecule has 2 N–H and O–H groups in total. The number of ether oxygens (including phenoxy) is 1.